The average molecular weight is 254 g/mol. The molecule has 96 valence electrons. The topological polar surface area (TPSA) is 52.1 Å². The Balaban J connectivity index is 2.29. The van der Waals surface area contributed by atoms with Crippen molar-refractivity contribution in [2.24, 2.45) is 0 Å². The van der Waals surface area contributed by atoms with Crippen LogP contribution in [-0.2, 0) is 4.74 Å². The van der Waals surface area contributed by atoms with Gasteiger partial charge in [-0.3, -0.25) is 0 Å². The highest BCUT2D eigenvalue weighted by atomic mass is 16.5. The Morgan fingerprint density at radius 1 is 1.26 bits per heavy atom. The van der Waals surface area contributed by atoms with E-state index >= 15 is 0 Å². The number of nitrogens with zero attached hydrogens (tertiary/aromatic N) is 2. The summed E-state index contributed by atoms with van der Waals surface area (Å²) in [5.41, 5.74) is 2.08. The van der Waals surface area contributed by atoms with Gasteiger partial charge < -0.3 is 4.74 Å². The van der Waals surface area contributed by atoms with Gasteiger partial charge in [-0.05, 0) is 18.6 Å². The van der Waals surface area contributed by atoms with Crippen molar-refractivity contribution in [2.75, 3.05) is 6.61 Å². The van der Waals surface area contributed by atoms with Crippen LogP contribution in [0.1, 0.15) is 17.3 Å². The van der Waals surface area contributed by atoms with Crippen molar-refractivity contribution >= 4 is 5.97 Å². The SMILES string of the molecule is CC=CCOC(=O)c1ccccc1-c1cncnc1. The van der Waals surface area contributed by atoms with Crippen LogP contribution in [0.15, 0.2) is 55.1 Å². The summed E-state index contributed by atoms with van der Waals surface area (Å²) in [6.07, 6.45) is 8.42. The van der Waals surface area contributed by atoms with E-state index in [-0.39, 0.29) is 12.6 Å². The van der Waals surface area contributed by atoms with E-state index in [0.29, 0.717) is 5.56 Å². The first-order valence-electron chi connectivity index (χ1n) is 5.95. The van der Waals surface area contributed by atoms with Crippen LogP contribution >= 0.6 is 0 Å². The number of hydrogen-bond acceptors (Lipinski definition) is 4. The third kappa shape index (κ3) is 3.25. The van der Waals surface area contributed by atoms with Crippen molar-refractivity contribution in [1.29, 1.82) is 0 Å². The van der Waals surface area contributed by atoms with Crippen LogP contribution in [0.25, 0.3) is 11.1 Å². The minimum absolute atomic E-state index is 0.273. The van der Waals surface area contributed by atoms with Crippen LogP contribution in [0.4, 0.5) is 0 Å². The third-order valence-corrected chi connectivity index (χ3v) is 2.56. The normalized spacial score (nSPS) is 10.6. The molecular formula is C15H14N2O2. The number of allylic oxidation sites excluding steroid dienone is 1. The maximum absolute atomic E-state index is 12.0. The zero-order valence-electron chi connectivity index (χ0n) is 10.6. The molecule has 0 fully saturated rings. The maximum atomic E-state index is 12.0. The van der Waals surface area contributed by atoms with Gasteiger partial charge in [0.25, 0.3) is 0 Å². The van der Waals surface area contributed by atoms with Gasteiger partial charge in [-0.2, -0.15) is 0 Å². The molecule has 1 aromatic heterocycles. The monoisotopic (exact) mass is 254 g/mol. The molecule has 0 aliphatic carbocycles. The van der Waals surface area contributed by atoms with Gasteiger partial charge in [-0.25, -0.2) is 14.8 Å². The summed E-state index contributed by atoms with van der Waals surface area (Å²) >= 11 is 0. The van der Waals surface area contributed by atoms with Gasteiger partial charge in [-0.15, -0.1) is 0 Å². The molecule has 1 aromatic carbocycles. The lowest BCUT2D eigenvalue weighted by molar-refractivity contribution is 0.0550. The van der Waals surface area contributed by atoms with Crippen LogP contribution in [0, 0.1) is 0 Å². The zero-order chi connectivity index (χ0) is 13.5. The Kier molecular flexibility index (Phi) is 4.39. The first-order chi connectivity index (χ1) is 9.33. The summed E-state index contributed by atoms with van der Waals surface area (Å²) in [7, 11) is 0. The number of esters is 1. The van der Waals surface area contributed by atoms with Gasteiger partial charge in [0, 0.05) is 18.0 Å². The molecule has 0 amide bonds. The van der Waals surface area contributed by atoms with Gasteiger partial charge in [-0.1, -0.05) is 30.4 Å². The lowest BCUT2D eigenvalue weighted by Gasteiger charge is -2.08. The summed E-state index contributed by atoms with van der Waals surface area (Å²) < 4.78 is 5.16. The predicted octanol–water partition coefficient (Wildman–Crippen LogP) is 2.88. The molecule has 19 heavy (non-hydrogen) atoms. The van der Waals surface area contributed by atoms with E-state index in [4.69, 9.17) is 4.74 Å². The van der Waals surface area contributed by atoms with E-state index < -0.39 is 0 Å². The van der Waals surface area contributed by atoms with Crippen LogP contribution in [0.5, 0.6) is 0 Å². The molecule has 2 rings (SSSR count). The minimum Gasteiger partial charge on any atom is -0.458 e. The molecule has 0 aliphatic heterocycles. The summed E-state index contributed by atoms with van der Waals surface area (Å²) in [5, 5.41) is 0. The number of aromatic nitrogens is 2. The van der Waals surface area contributed by atoms with Gasteiger partial charge in [0.2, 0.25) is 0 Å². The Hall–Kier alpha value is -2.49. The van der Waals surface area contributed by atoms with E-state index in [9.17, 15) is 4.79 Å². The summed E-state index contributed by atoms with van der Waals surface area (Å²) in [6, 6.07) is 7.26. The fourth-order valence-corrected chi connectivity index (χ4v) is 1.65. The maximum Gasteiger partial charge on any atom is 0.339 e. The molecule has 0 N–H and O–H groups in total. The van der Waals surface area contributed by atoms with E-state index in [1.54, 1.807) is 30.6 Å². The molecule has 0 aliphatic rings. The average Bonchev–Trinajstić information content (AvgIpc) is 2.48. The number of benzene rings is 1. The van der Waals surface area contributed by atoms with Gasteiger partial charge >= 0.3 is 5.97 Å². The smallest absolute Gasteiger partial charge is 0.339 e. The highest BCUT2D eigenvalue weighted by molar-refractivity contribution is 5.97. The first-order valence-corrected chi connectivity index (χ1v) is 5.95. The summed E-state index contributed by atoms with van der Waals surface area (Å²) in [6.45, 7) is 2.15. The van der Waals surface area contributed by atoms with Crippen LogP contribution < -0.4 is 0 Å². The largest absolute Gasteiger partial charge is 0.458 e. The van der Waals surface area contributed by atoms with Crippen LogP contribution in [-0.4, -0.2) is 22.5 Å². The summed E-state index contributed by atoms with van der Waals surface area (Å²) in [4.78, 5) is 19.9. The van der Waals surface area contributed by atoms with Crippen LogP contribution in [0.3, 0.4) is 0 Å². The molecule has 4 nitrogen and oxygen atoms in total. The minimum atomic E-state index is -0.349. The molecule has 1 heterocycles. The van der Waals surface area contributed by atoms with Crippen molar-refractivity contribution in [1.82, 2.24) is 9.97 Å². The van der Waals surface area contributed by atoms with E-state index in [2.05, 4.69) is 9.97 Å². The number of carbonyl (C=O) groups excluding carboxylic acids is 1. The van der Waals surface area contributed by atoms with Gasteiger partial charge in [0.05, 0.1) is 5.56 Å². The van der Waals surface area contributed by atoms with E-state index in [1.807, 2.05) is 25.1 Å². The quantitative estimate of drug-likeness (QED) is 0.622. The molecule has 0 radical (unpaired) electrons. The fourth-order valence-electron chi connectivity index (χ4n) is 1.65. The molecular weight excluding hydrogens is 240 g/mol. The van der Waals surface area contributed by atoms with Crippen molar-refractivity contribution in [2.45, 2.75) is 6.92 Å². The Labute approximate surface area is 111 Å². The molecule has 2 aromatic rings. The predicted molar refractivity (Wildman–Crippen MR) is 72.6 cm³/mol. The van der Waals surface area contributed by atoms with Crippen LogP contribution in [0.2, 0.25) is 0 Å². The number of rotatable bonds is 4. The summed E-state index contributed by atoms with van der Waals surface area (Å²) in [5.74, 6) is -0.349. The Bertz CT molecular complexity index is 580. The number of hydrogen-bond donors (Lipinski definition) is 0. The second-order valence-corrected chi connectivity index (χ2v) is 3.84. The number of carbonyl (C=O) groups is 1. The number of ether oxygens (including phenoxy) is 1. The highest BCUT2D eigenvalue weighted by Crippen LogP contribution is 2.22. The lowest BCUT2D eigenvalue weighted by atomic mass is 10.0. The zero-order valence-corrected chi connectivity index (χ0v) is 10.6. The third-order valence-electron chi connectivity index (χ3n) is 2.56. The molecule has 0 saturated heterocycles. The first kappa shape index (κ1) is 13.0. The van der Waals surface area contributed by atoms with Gasteiger partial charge in [0.15, 0.2) is 0 Å². The van der Waals surface area contributed by atoms with E-state index in [1.165, 1.54) is 6.33 Å². The fraction of sp³-hybridized carbons (Fsp3) is 0.133. The van der Waals surface area contributed by atoms with Crippen molar-refractivity contribution in [3.8, 4) is 11.1 Å². The molecule has 0 unspecified atom stereocenters. The van der Waals surface area contributed by atoms with Gasteiger partial charge in [0.1, 0.15) is 12.9 Å². The lowest BCUT2D eigenvalue weighted by Crippen LogP contribution is -2.07. The Morgan fingerprint density at radius 3 is 2.74 bits per heavy atom. The Morgan fingerprint density at radius 2 is 2.00 bits per heavy atom. The molecule has 0 saturated carbocycles. The molecule has 4 heteroatoms. The van der Waals surface area contributed by atoms with E-state index in [0.717, 1.165) is 11.1 Å². The second kappa shape index (κ2) is 6.44. The van der Waals surface area contributed by atoms with Crippen molar-refractivity contribution < 1.29 is 9.53 Å². The highest BCUT2D eigenvalue weighted by Gasteiger charge is 2.13. The molecule has 0 atom stereocenters. The van der Waals surface area contributed by atoms with Crippen molar-refractivity contribution in [3.05, 3.63) is 60.7 Å². The van der Waals surface area contributed by atoms with Crippen molar-refractivity contribution in [3.63, 3.8) is 0 Å². The standard InChI is InChI=1S/C15H14N2O2/c1-2-3-8-19-15(18)14-7-5-4-6-13(14)12-9-16-11-17-10-12/h2-7,9-11H,8H2,1H3. The molecule has 0 spiro atoms. The molecule has 0 bridgehead atoms. The second-order valence-electron chi connectivity index (χ2n) is 3.84.